The number of nitrogens with one attached hydrogen (secondary N) is 1. The van der Waals surface area contributed by atoms with Crippen LogP contribution in [0.1, 0.15) is 19.3 Å². The number of carbonyl (C=O) groups excluding carboxylic acids is 2. The highest BCUT2D eigenvalue weighted by molar-refractivity contribution is 7.16. The van der Waals surface area contributed by atoms with Crippen LogP contribution in [-0.2, 0) is 9.59 Å². The van der Waals surface area contributed by atoms with E-state index in [0.29, 0.717) is 19.5 Å². The highest BCUT2D eigenvalue weighted by atomic mass is 32.1. The molecule has 0 unspecified atom stereocenters. The average molecular weight is 403 g/mol. The summed E-state index contributed by atoms with van der Waals surface area (Å²) in [7, 11) is 0. The third kappa shape index (κ3) is 4.41. The second-order valence-electron chi connectivity index (χ2n) is 7.29. The molecule has 0 atom stereocenters. The third-order valence-electron chi connectivity index (χ3n) is 5.38. The number of amides is 2. The molecule has 2 aliphatic rings. The van der Waals surface area contributed by atoms with E-state index in [9.17, 15) is 9.59 Å². The topological polar surface area (TPSA) is 81.7 Å². The Morgan fingerprint density at radius 1 is 1.18 bits per heavy atom. The van der Waals surface area contributed by atoms with Gasteiger partial charge in [-0.15, -0.1) is 11.3 Å². The van der Waals surface area contributed by atoms with Gasteiger partial charge in [0.25, 0.3) is 0 Å². The predicted octanol–water partition coefficient (Wildman–Crippen LogP) is 0.942. The number of anilines is 1. The molecule has 0 bridgehead atoms. The minimum Gasteiger partial charge on any atom is -0.355 e. The summed E-state index contributed by atoms with van der Waals surface area (Å²) in [6.07, 6.45) is 4.08. The lowest BCUT2D eigenvalue weighted by molar-refractivity contribution is -0.127. The summed E-state index contributed by atoms with van der Waals surface area (Å²) in [4.78, 5) is 39.9. The van der Waals surface area contributed by atoms with Crippen molar-refractivity contribution >= 4 is 39.2 Å². The summed E-state index contributed by atoms with van der Waals surface area (Å²) < 4.78 is 0. The van der Waals surface area contributed by atoms with Crippen LogP contribution in [0.25, 0.3) is 10.2 Å². The Balaban J connectivity index is 1.17. The van der Waals surface area contributed by atoms with Crippen LogP contribution in [0.2, 0.25) is 0 Å². The van der Waals surface area contributed by atoms with E-state index in [1.807, 2.05) is 10.3 Å². The molecule has 4 rings (SSSR count). The summed E-state index contributed by atoms with van der Waals surface area (Å²) in [6, 6.07) is 2.07. The lowest BCUT2D eigenvalue weighted by Crippen LogP contribution is -2.50. The first kappa shape index (κ1) is 19.1. The summed E-state index contributed by atoms with van der Waals surface area (Å²) in [5.41, 5.74) is 0. The Morgan fingerprint density at radius 2 is 2.04 bits per heavy atom. The molecule has 2 aromatic heterocycles. The number of nitrogens with zero attached hydrogens (tertiary/aromatic N) is 5. The zero-order chi connectivity index (χ0) is 19.3. The fourth-order valence-corrected chi connectivity index (χ4v) is 4.57. The maximum atomic E-state index is 12.2. The average Bonchev–Trinajstić information content (AvgIpc) is 3.34. The molecule has 4 heterocycles. The van der Waals surface area contributed by atoms with Gasteiger partial charge in [0.1, 0.15) is 17.0 Å². The number of hydrogen-bond acceptors (Lipinski definition) is 7. The quantitative estimate of drug-likeness (QED) is 0.695. The number of fused-ring (bicyclic) bond motifs is 1. The van der Waals surface area contributed by atoms with E-state index >= 15 is 0 Å². The van der Waals surface area contributed by atoms with Crippen molar-refractivity contribution in [2.24, 2.45) is 0 Å². The zero-order valence-corrected chi connectivity index (χ0v) is 16.8. The maximum Gasteiger partial charge on any atom is 0.234 e. The van der Waals surface area contributed by atoms with Gasteiger partial charge in [0.2, 0.25) is 11.8 Å². The van der Waals surface area contributed by atoms with Crippen molar-refractivity contribution in [3.05, 3.63) is 17.8 Å². The van der Waals surface area contributed by atoms with Gasteiger partial charge in [-0.2, -0.15) is 0 Å². The second-order valence-corrected chi connectivity index (χ2v) is 8.18. The smallest absolute Gasteiger partial charge is 0.234 e. The largest absolute Gasteiger partial charge is 0.355 e. The highest BCUT2D eigenvalue weighted by Gasteiger charge is 2.22. The van der Waals surface area contributed by atoms with Gasteiger partial charge in [-0.1, -0.05) is 0 Å². The van der Waals surface area contributed by atoms with Crippen LogP contribution in [0.5, 0.6) is 0 Å². The van der Waals surface area contributed by atoms with Crippen molar-refractivity contribution in [2.45, 2.75) is 19.3 Å². The van der Waals surface area contributed by atoms with Crippen LogP contribution in [0, 0.1) is 0 Å². The molecule has 0 radical (unpaired) electrons. The van der Waals surface area contributed by atoms with E-state index < -0.39 is 0 Å². The number of thiophene rings is 1. The summed E-state index contributed by atoms with van der Waals surface area (Å²) >= 11 is 1.63. The van der Waals surface area contributed by atoms with E-state index in [2.05, 4.69) is 31.2 Å². The molecule has 2 aromatic rings. The number of hydrogen-bond donors (Lipinski definition) is 1. The van der Waals surface area contributed by atoms with E-state index in [4.69, 9.17) is 0 Å². The van der Waals surface area contributed by atoms with E-state index in [-0.39, 0.29) is 11.8 Å². The van der Waals surface area contributed by atoms with E-state index in [1.165, 1.54) is 0 Å². The molecule has 28 heavy (non-hydrogen) atoms. The summed E-state index contributed by atoms with van der Waals surface area (Å²) in [5, 5.41) is 6.13. The second kappa shape index (κ2) is 8.83. The molecule has 0 aliphatic carbocycles. The van der Waals surface area contributed by atoms with Gasteiger partial charge in [0.05, 0.1) is 11.9 Å². The van der Waals surface area contributed by atoms with Gasteiger partial charge in [-0.3, -0.25) is 14.5 Å². The van der Waals surface area contributed by atoms with Crippen LogP contribution < -0.4 is 10.2 Å². The fourth-order valence-electron chi connectivity index (χ4n) is 3.84. The summed E-state index contributed by atoms with van der Waals surface area (Å²) in [5.74, 6) is 1.29. The Kier molecular flexibility index (Phi) is 6.01. The number of aromatic nitrogens is 2. The Bertz CT molecular complexity index is 833. The lowest BCUT2D eigenvalue weighted by atomic mass is 10.2. The number of likely N-dealkylation sites (tertiary alicyclic amines) is 1. The van der Waals surface area contributed by atoms with Crippen LogP contribution in [0.4, 0.5) is 5.82 Å². The maximum absolute atomic E-state index is 12.2. The molecule has 2 amide bonds. The van der Waals surface area contributed by atoms with Crippen LogP contribution in [-0.4, -0.2) is 83.9 Å². The van der Waals surface area contributed by atoms with Crippen LogP contribution >= 0.6 is 11.3 Å². The van der Waals surface area contributed by atoms with Crippen molar-refractivity contribution in [1.82, 2.24) is 25.1 Å². The molecule has 0 saturated carbocycles. The van der Waals surface area contributed by atoms with Crippen molar-refractivity contribution in [3.63, 3.8) is 0 Å². The molecular formula is C19H26N6O2S. The first-order valence-electron chi connectivity index (χ1n) is 9.91. The molecule has 1 N–H and O–H groups in total. The van der Waals surface area contributed by atoms with E-state index in [0.717, 1.165) is 68.1 Å². The highest BCUT2D eigenvalue weighted by Crippen LogP contribution is 2.27. The molecular weight excluding hydrogens is 376 g/mol. The Hall–Kier alpha value is -2.26. The number of rotatable bonds is 7. The minimum atomic E-state index is 0.0588. The SMILES string of the molecule is O=C(CN1CCN(c2ncnc3sccc23)CC1)NCCCN1CCCC1=O. The Labute approximate surface area is 168 Å². The van der Waals surface area contributed by atoms with Crippen LogP contribution in [0.3, 0.4) is 0 Å². The molecule has 2 saturated heterocycles. The zero-order valence-electron chi connectivity index (χ0n) is 16.0. The molecule has 0 spiro atoms. The first-order chi connectivity index (χ1) is 13.7. The molecule has 0 aromatic carbocycles. The standard InChI is InChI=1S/C19H26N6O2S/c26-16(20-5-2-7-24-6-1-3-17(24)27)13-23-8-10-25(11-9-23)18-15-4-12-28-19(15)22-14-21-18/h4,12,14H,1-3,5-11,13H2,(H,20,26). The molecule has 2 aliphatic heterocycles. The van der Waals surface area contributed by atoms with Gasteiger partial charge >= 0.3 is 0 Å². The minimum absolute atomic E-state index is 0.0588. The first-order valence-corrected chi connectivity index (χ1v) is 10.8. The summed E-state index contributed by atoms with van der Waals surface area (Å²) in [6.45, 7) is 6.04. The monoisotopic (exact) mass is 402 g/mol. The molecule has 150 valence electrons. The van der Waals surface area contributed by atoms with Gasteiger partial charge in [0.15, 0.2) is 0 Å². The van der Waals surface area contributed by atoms with Crippen molar-refractivity contribution in [3.8, 4) is 0 Å². The van der Waals surface area contributed by atoms with E-state index in [1.54, 1.807) is 17.7 Å². The fraction of sp³-hybridized carbons (Fsp3) is 0.579. The van der Waals surface area contributed by atoms with Gasteiger partial charge in [-0.05, 0) is 24.3 Å². The van der Waals surface area contributed by atoms with Gasteiger partial charge in [0, 0.05) is 52.2 Å². The number of piperazine rings is 1. The van der Waals surface area contributed by atoms with Crippen molar-refractivity contribution < 1.29 is 9.59 Å². The Morgan fingerprint density at radius 3 is 2.82 bits per heavy atom. The van der Waals surface area contributed by atoms with Gasteiger partial charge in [-0.25, -0.2) is 9.97 Å². The van der Waals surface area contributed by atoms with Crippen LogP contribution in [0.15, 0.2) is 17.8 Å². The normalized spacial score (nSPS) is 18.2. The predicted molar refractivity (Wildman–Crippen MR) is 110 cm³/mol. The molecule has 2 fully saturated rings. The van der Waals surface area contributed by atoms with Crippen molar-refractivity contribution in [2.75, 3.05) is 57.3 Å². The molecule has 9 heteroatoms. The molecule has 8 nitrogen and oxygen atoms in total. The number of carbonyl (C=O) groups is 2. The van der Waals surface area contributed by atoms with Crippen molar-refractivity contribution in [1.29, 1.82) is 0 Å². The van der Waals surface area contributed by atoms with Gasteiger partial charge < -0.3 is 15.1 Å². The lowest BCUT2D eigenvalue weighted by Gasteiger charge is -2.35. The third-order valence-corrected chi connectivity index (χ3v) is 6.20.